The van der Waals surface area contributed by atoms with Crippen molar-refractivity contribution in [2.45, 2.75) is 54.2 Å². The third-order valence-electron chi connectivity index (χ3n) is 5.13. The van der Waals surface area contributed by atoms with Crippen LogP contribution in [0.4, 0.5) is 0 Å². The molecular formula is C11H20N2O2S. The Balaban J connectivity index is 1.98. The van der Waals surface area contributed by atoms with Gasteiger partial charge in [0.2, 0.25) is 0 Å². The second kappa shape index (κ2) is 3.21. The number of likely N-dealkylation sites (tertiary alicyclic amines) is 1. The normalized spacial score (nSPS) is 51.2. The number of hydrogen-bond acceptors (Lipinski definition) is 4. The molecule has 1 spiro atoms. The van der Waals surface area contributed by atoms with Crippen LogP contribution in [0.25, 0.3) is 0 Å². The zero-order chi connectivity index (χ0) is 11.6. The average molecular weight is 244 g/mol. The van der Waals surface area contributed by atoms with Crippen molar-refractivity contribution in [3.8, 4) is 0 Å². The molecule has 0 aliphatic carbocycles. The van der Waals surface area contributed by atoms with E-state index in [2.05, 4.69) is 11.9 Å². The molecule has 16 heavy (non-hydrogen) atoms. The molecule has 0 saturated carbocycles. The molecule has 3 rings (SSSR count). The summed E-state index contributed by atoms with van der Waals surface area (Å²) in [5.41, 5.74) is 6.22. The Hall–Kier alpha value is -0.130. The molecular weight excluding hydrogens is 224 g/mol. The van der Waals surface area contributed by atoms with Crippen LogP contribution in [0.3, 0.4) is 0 Å². The van der Waals surface area contributed by atoms with Crippen molar-refractivity contribution in [1.82, 2.24) is 4.90 Å². The lowest BCUT2D eigenvalue weighted by molar-refractivity contribution is 0.131. The van der Waals surface area contributed by atoms with Crippen LogP contribution in [0.1, 0.15) is 32.1 Å². The van der Waals surface area contributed by atoms with Gasteiger partial charge < -0.3 is 5.73 Å². The van der Waals surface area contributed by atoms with Crippen molar-refractivity contribution < 1.29 is 8.42 Å². The van der Waals surface area contributed by atoms with Gasteiger partial charge in [-0.15, -0.1) is 0 Å². The predicted octanol–water partition coefficient (Wildman–Crippen LogP) is 0.128. The van der Waals surface area contributed by atoms with Crippen molar-refractivity contribution in [2.75, 3.05) is 13.6 Å². The van der Waals surface area contributed by atoms with Gasteiger partial charge in [0.25, 0.3) is 0 Å². The van der Waals surface area contributed by atoms with E-state index in [4.69, 9.17) is 5.73 Å². The zero-order valence-corrected chi connectivity index (χ0v) is 10.5. The van der Waals surface area contributed by atoms with Gasteiger partial charge in [0.05, 0.1) is 10.5 Å². The van der Waals surface area contributed by atoms with Gasteiger partial charge in [-0.3, -0.25) is 4.90 Å². The van der Waals surface area contributed by atoms with E-state index in [1.165, 1.54) is 0 Å². The first-order valence-electron chi connectivity index (χ1n) is 6.16. The fraction of sp³-hybridized carbons (Fsp3) is 1.00. The van der Waals surface area contributed by atoms with Gasteiger partial charge in [-0.25, -0.2) is 8.42 Å². The van der Waals surface area contributed by atoms with Crippen molar-refractivity contribution in [3.63, 3.8) is 0 Å². The quantitative estimate of drug-likeness (QED) is 0.658. The summed E-state index contributed by atoms with van der Waals surface area (Å²) in [7, 11) is -0.720. The number of nitrogens with zero attached hydrogens (tertiary/aromatic N) is 1. The number of nitrogens with two attached hydrogens (primary N) is 1. The number of rotatable bonds is 0. The Morgan fingerprint density at radius 1 is 1.19 bits per heavy atom. The van der Waals surface area contributed by atoms with E-state index in [-0.39, 0.29) is 22.1 Å². The minimum Gasteiger partial charge on any atom is -0.326 e. The van der Waals surface area contributed by atoms with Gasteiger partial charge in [0.15, 0.2) is 9.84 Å². The van der Waals surface area contributed by atoms with Crippen molar-refractivity contribution in [1.29, 1.82) is 0 Å². The van der Waals surface area contributed by atoms with Gasteiger partial charge in [-0.2, -0.15) is 0 Å². The van der Waals surface area contributed by atoms with Crippen LogP contribution in [0.5, 0.6) is 0 Å². The molecule has 0 aromatic rings. The summed E-state index contributed by atoms with van der Waals surface area (Å²) in [5.74, 6) is 0. The van der Waals surface area contributed by atoms with Gasteiger partial charge in [0, 0.05) is 11.6 Å². The predicted molar refractivity (Wildman–Crippen MR) is 62.9 cm³/mol. The van der Waals surface area contributed by atoms with Crippen LogP contribution in [0, 0.1) is 0 Å². The maximum atomic E-state index is 12.1. The number of sulfone groups is 1. The second-order valence-electron chi connectivity index (χ2n) is 5.74. The second-order valence-corrected chi connectivity index (χ2v) is 8.25. The van der Waals surface area contributed by atoms with E-state index >= 15 is 0 Å². The van der Waals surface area contributed by atoms with E-state index in [0.29, 0.717) is 0 Å². The Morgan fingerprint density at radius 2 is 1.75 bits per heavy atom. The van der Waals surface area contributed by atoms with Crippen molar-refractivity contribution >= 4 is 9.84 Å². The molecule has 0 aromatic heterocycles. The Labute approximate surface area is 97.1 Å². The average Bonchev–Trinajstić information content (AvgIpc) is 2.59. The standard InChI is InChI=1S/C11H20N2O2S/c1-13-5-4-10(12)11(13)6-8-2-3-9(7-11)16(8,14)15/h8-10H,2-7,12H2,1H3. The number of likely N-dealkylation sites (N-methyl/N-ethyl adjacent to an activating group) is 1. The molecule has 0 radical (unpaired) electrons. The molecule has 0 aromatic carbocycles. The van der Waals surface area contributed by atoms with E-state index in [0.717, 1.165) is 38.6 Å². The minimum absolute atomic E-state index is 0.0167. The molecule has 0 amide bonds. The molecule has 5 heteroatoms. The molecule has 3 unspecified atom stereocenters. The topological polar surface area (TPSA) is 63.4 Å². The van der Waals surface area contributed by atoms with Crippen molar-refractivity contribution in [2.24, 2.45) is 5.73 Å². The summed E-state index contributed by atoms with van der Waals surface area (Å²) in [4.78, 5) is 2.32. The van der Waals surface area contributed by atoms with Crippen molar-refractivity contribution in [3.05, 3.63) is 0 Å². The molecule has 3 heterocycles. The Kier molecular flexibility index (Phi) is 2.20. The lowest BCUT2D eigenvalue weighted by Gasteiger charge is -2.45. The fourth-order valence-corrected chi connectivity index (χ4v) is 6.52. The van der Waals surface area contributed by atoms with E-state index in [1.54, 1.807) is 0 Å². The Bertz CT molecular complexity index is 374. The van der Waals surface area contributed by atoms with Gasteiger partial charge in [-0.1, -0.05) is 0 Å². The largest absolute Gasteiger partial charge is 0.326 e. The van der Waals surface area contributed by atoms with Gasteiger partial charge in [0.1, 0.15) is 0 Å². The third-order valence-corrected chi connectivity index (χ3v) is 7.79. The molecule has 2 bridgehead atoms. The maximum absolute atomic E-state index is 12.1. The lowest BCUT2D eigenvalue weighted by Crippen LogP contribution is -2.59. The van der Waals surface area contributed by atoms with E-state index < -0.39 is 9.84 Å². The highest BCUT2D eigenvalue weighted by Crippen LogP contribution is 2.48. The lowest BCUT2D eigenvalue weighted by atomic mass is 9.83. The molecule has 3 fully saturated rings. The summed E-state index contributed by atoms with van der Waals surface area (Å²) >= 11 is 0. The van der Waals surface area contributed by atoms with Gasteiger partial charge >= 0.3 is 0 Å². The first-order valence-corrected chi connectivity index (χ1v) is 7.77. The molecule has 3 atom stereocenters. The molecule has 3 aliphatic rings. The summed E-state index contributed by atoms with van der Waals surface area (Å²) in [5, 5.41) is -0.226. The van der Waals surface area contributed by atoms with Gasteiger partial charge in [-0.05, 0) is 45.7 Å². The molecule has 2 N–H and O–H groups in total. The number of hydrogen-bond donors (Lipinski definition) is 1. The summed E-state index contributed by atoms with van der Waals surface area (Å²) in [6.45, 7) is 1.01. The highest BCUT2D eigenvalue weighted by Gasteiger charge is 2.58. The van der Waals surface area contributed by atoms with E-state index in [1.807, 2.05) is 0 Å². The van der Waals surface area contributed by atoms with Crippen LogP contribution < -0.4 is 5.73 Å². The molecule has 4 nitrogen and oxygen atoms in total. The first kappa shape index (κ1) is 11.0. The van der Waals surface area contributed by atoms with Crippen LogP contribution in [0.2, 0.25) is 0 Å². The molecule has 3 aliphatic heterocycles. The Morgan fingerprint density at radius 3 is 2.19 bits per heavy atom. The summed E-state index contributed by atoms with van der Waals surface area (Å²) in [6.07, 6.45) is 4.26. The monoisotopic (exact) mass is 244 g/mol. The zero-order valence-electron chi connectivity index (χ0n) is 9.72. The summed E-state index contributed by atoms with van der Waals surface area (Å²) < 4.78 is 24.1. The first-order chi connectivity index (χ1) is 7.47. The SMILES string of the molecule is CN1CCC(N)C12CC1CCC(C2)S1(=O)=O. The highest BCUT2D eigenvalue weighted by atomic mass is 32.2. The third kappa shape index (κ3) is 1.19. The smallest absolute Gasteiger partial charge is 0.156 e. The summed E-state index contributed by atoms with van der Waals surface area (Å²) in [6, 6.07) is 0.163. The molecule has 92 valence electrons. The highest BCUT2D eigenvalue weighted by molar-refractivity contribution is 7.93. The van der Waals surface area contributed by atoms with Crippen LogP contribution in [-0.2, 0) is 9.84 Å². The van der Waals surface area contributed by atoms with E-state index in [9.17, 15) is 8.42 Å². The fourth-order valence-electron chi connectivity index (χ4n) is 4.00. The maximum Gasteiger partial charge on any atom is 0.156 e. The van der Waals surface area contributed by atoms with Crippen LogP contribution >= 0.6 is 0 Å². The minimum atomic E-state index is -2.82. The number of fused-ring (bicyclic) bond motifs is 2. The van der Waals surface area contributed by atoms with Crippen LogP contribution in [0.15, 0.2) is 0 Å². The van der Waals surface area contributed by atoms with Crippen LogP contribution in [-0.4, -0.2) is 49.0 Å². The molecule has 3 saturated heterocycles.